The summed E-state index contributed by atoms with van der Waals surface area (Å²) >= 11 is 3.26. The second-order valence-corrected chi connectivity index (χ2v) is 5.69. The molecule has 10 heteroatoms. The molecule has 1 atom stereocenters. The predicted octanol–water partition coefficient (Wildman–Crippen LogP) is 2.83. The lowest BCUT2D eigenvalue weighted by atomic mass is 10.1. The number of hydrogen-bond donors (Lipinski definition) is 2. The van der Waals surface area contributed by atoms with E-state index >= 15 is 0 Å². The zero-order valence-corrected chi connectivity index (χ0v) is 13.4. The Balaban J connectivity index is 2.12. The van der Waals surface area contributed by atoms with Crippen LogP contribution < -0.4 is 5.43 Å². The number of nitrogens with zero attached hydrogens (tertiary/aromatic N) is 3. The smallest absolute Gasteiger partial charge is 0.362 e. The van der Waals surface area contributed by atoms with E-state index in [9.17, 15) is 23.1 Å². The molecule has 2 rings (SSSR count). The summed E-state index contributed by atoms with van der Waals surface area (Å²) in [4.78, 5) is 11.9. The van der Waals surface area contributed by atoms with Crippen molar-refractivity contribution < 1.29 is 23.1 Å². The van der Waals surface area contributed by atoms with E-state index < -0.39 is 24.4 Å². The topological polar surface area (TPSA) is 77.3 Å². The van der Waals surface area contributed by atoms with Crippen molar-refractivity contribution in [3.05, 3.63) is 34.3 Å². The van der Waals surface area contributed by atoms with Gasteiger partial charge in [0, 0.05) is 22.2 Å². The monoisotopic (exact) mass is 392 g/mol. The zero-order chi connectivity index (χ0) is 17.3. The first-order chi connectivity index (χ1) is 10.6. The summed E-state index contributed by atoms with van der Waals surface area (Å²) in [7, 11) is 0. The number of alkyl halides is 3. The van der Waals surface area contributed by atoms with Gasteiger partial charge in [-0.1, -0.05) is 34.1 Å². The predicted molar refractivity (Wildman–Crippen MR) is 80.8 cm³/mol. The lowest BCUT2D eigenvalue weighted by Gasteiger charge is -2.31. The molecule has 0 saturated heterocycles. The number of amides is 2. The van der Waals surface area contributed by atoms with E-state index in [1.165, 1.54) is 13.1 Å². The summed E-state index contributed by atoms with van der Waals surface area (Å²) in [5.41, 5.74) is -0.862. The summed E-state index contributed by atoms with van der Waals surface area (Å²) in [6.07, 6.45) is -4.60. The molecule has 1 aromatic carbocycles. The first-order valence-electron chi connectivity index (χ1n) is 6.36. The average molecular weight is 393 g/mol. The van der Waals surface area contributed by atoms with Gasteiger partial charge in [-0.3, -0.25) is 0 Å². The standard InChI is InChI=1S/C13H12BrF3N4O2/c1-8-6-12(23,13(15,16)17)21(20-8)11(22)19-18-7-9-4-2-3-5-10(9)14/h2-5,7,23H,6H2,1H3,(H,19,22)/b18-7+. The van der Waals surface area contributed by atoms with Crippen LogP contribution in [0, 0.1) is 0 Å². The maximum absolute atomic E-state index is 13.0. The molecule has 1 heterocycles. The van der Waals surface area contributed by atoms with Gasteiger partial charge in [0.25, 0.3) is 5.72 Å². The van der Waals surface area contributed by atoms with Crippen LogP contribution in [0.5, 0.6) is 0 Å². The molecule has 1 aliphatic heterocycles. The molecule has 2 amide bonds. The number of urea groups is 1. The van der Waals surface area contributed by atoms with E-state index in [0.29, 0.717) is 10.0 Å². The zero-order valence-electron chi connectivity index (χ0n) is 11.8. The van der Waals surface area contributed by atoms with Crippen molar-refractivity contribution in [1.29, 1.82) is 0 Å². The second-order valence-electron chi connectivity index (χ2n) is 4.83. The van der Waals surface area contributed by atoms with E-state index in [1.807, 2.05) is 5.43 Å². The van der Waals surface area contributed by atoms with Crippen molar-refractivity contribution in [1.82, 2.24) is 10.4 Å². The fourth-order valence-corrected chi connectivity index (χ4v) is 2.33. The van der Waals surface area contributed by atoms with Crippen molar-refractivity contribution in [2.45, 2.75) is 25.2 Å². The minimum absolute atomic E-state index is 0.0187. The lowest BCUT2D eigenvalue weighted by Crippen LogP contribution is -2.58. The van der Waals surface area contributed by atoms with Gasteiger partial charge < -0.3 is 5.11 Å². The molecule has 124 valence electrons. The molecule has 1 aromatic rings. The SMILES string of the molecule is CC1=NN(C(=O)N/N=C/c2ccccc2Br)C(O)(C(F)(F)F)C1. The van der Waals surface area contributed by atoms with Gasteiger partial charge in [0.1, 0.15) is 0 Å². The fourth-order valence-electron chi connectivity index (χ4n) is 1.94. The van der Waals surface area contributed by atoms with Gasteiger partial charge in [-0.05, 0) is 13.0 Å². The molecule has 1 unspecified atom stereocenters. The molecular weight excluding hydrogens is 381 g/mol. The van der Waals surface area contributed by atoms with Crippen molar-refractivity contribution in [2.24, 2.45) is 10.2 Å². The molecular formula is C13H12BrF3N4O2. The Labute approximate surface area is 137 Å². The molecule has 6 nitrogen and oxygen atoms in total. The van der Waals surface area contributed by atoms with E-state index in [4.69, 9.17) is 0 Å². The molecule has 0 aliphatic carbocycles. The maximum Gasteiger partial charge on any atom is 0.438 e. The maximum atomic E-state index is 13.0. The van der Waals surface area contributed by atoms with Gasteiger partial charge in [0.15, 0.2) is 0 Å². The average Bonchev–Trinajstić information content (AvgIpc) is 2.77. The highest BCUT2D eigenvalue weighted by Gasteiger charge is 2.62. The summed E-state index contributed by atoms with van der Waals surface area (Å²) < 4.78 is 39.6. The largest absolute Gasteiger partial charge is 0.438 e. The number of rotatable bonds is 2. The molecule has 0 radical (unpaired) electrons. The van der Waals surface area contributed by atoms with Gasteiger partial charge in [0.05, 0.1) is 6.21 Å². The Morgan fingerprint density at radius 3 is 2.78 bits per heavy atom. The van der Waals surface area contributed by atoms with Crippen molar-refractivity contribution in [3.63, 3.8) is 0 Å². The third-order valence-corrected chi connectivity index (χ3v) is 3.76. The van der Waals surface area contributed by atoms with Crippen LogP contribution in [0.3, 0.4) is 0 Å². The van der Waals surface area contributed by atoms with Gasteiger partial charge >= 0.3 is 12.2 Å². The van der Waals surface area contributed by atoms with Crippen LogP contribution in [-0.2, 0) is 0 Å². The Kier molecular flexibility index (Phi) is 4.76. The van der Waals surface area contributed by atoms with E-state index in [2.05, 4.69) is 26.1 Å². The van der Waals surface area contributed by atoms with E-state index in [-0.39, 0.29) is 10.7 Å². The number of nitrogens with one attached hydrogen (secondary N) is 1. The van der Waals surface area contributed by atoms with Crippen molar-refractivity contribution >= 4 is 33.9 Å². The minimum Gasteiger partial charge on any atom is -0.362 e. The van der Waals surface area contributed by atoms with Crippen molar-refractivity contribution in [3.8, 4) is 0 Å². The molecule has 23 heavy (non-hydrogen) atoms. The van der Waals surface area contributed by atoms with Crippen LogP contribution in [0.1, 0.15) is 18.9 Å². The summed E-state index contributed by atoms with van der Waals surface area (Å²) in [5, 5.41) is 16.7. The number of halogens is 4. The summed E-state index contributed by atoms with van der Waals surface area (Å²) in [5.74, 6) is 0. The Morgan fingerprint density at radius 1 is 1.52 bits per heavy atom. The third kappa shape index (κ3) is 3.53. The second kappa shape index (κ2) is 6.28. The van der Waals surface area contributed by atoms with Crippen LogP contribution in [0.2, 0.25) is 0 Å². The number of carbonyl (C=O) groups is 1. The van der Waals surface area contributed by atoms with Gasteiger partial charge in [-0.2, -0.15) is 28.4 Å². The highest BCUT2D eigenvalue weighted by Crippen LogP contribution is 2.40. The molecule has 0 aromatic heterocycles. The van der Waals surface area contributed by atoms with Gasteiger partial charge in [-0.25, -0.2) is 10.2 Å². The number of carbonyl (C=O) groups excluding carboxylic acids is 1. The third-order valence-electron chi connectivity index (χ3n) is 3.04. The van der Waals surface area contributed by atoms with Crippen LogP contribution >= 0.6 is 15.9 Å². The summed E-state index contributed by atoms with van der Waals surface area (Å²) in [6.45, 7) is 1.29. The number of hydrogen-bond acceptors (Lipinski definition) is 4. The molecule has 0 fully saturated rings. The molecule has 0 spiro atoms. The van der Waals surface area contributed by atoms with E-state index in [1.54, 1.807) is 24.3 Å². The number of hydrazone groups is 2. The molecule has 2 N–H and O–H groups in total. The number of benzene rings is 1. The van der Waals surface area contributed by atoms with Crippen LogP contribution in [-0.4, -0.2) is 40.0 Å². The highest BCUT2D eigenvalue weighted by molar-refractivity contribution is 9.10. The lowest BCUT2D eigenvalue weighted by molar-refractivity contribution is -0.297. The first-order valence-corrected chi connectivity index (χ1v) is 7.15. The number of aliphatic hydroxyl groups is 1. The first kappa shape index (κ1) is 17.4. The van der Waals surface area contributed by atoms with E-state index in [0.717, 1.165) is 0 Å². The van der Waals surface area contributed by atoms with Gasteiger partial charge in [-0.15, -0.1) is 0 Å². The quantitative estimate of drug-likeness (QED) is 0.599. The van der Waals surface area contributed by atoms with Crippen LogP contribution in [0.4, 0.5) is 18.0 Å². The Bertz CT molecular complexity index is 677. The highest BCUT2D eigenvalue weighted by atomic mass is 79.9. The summed E-state index contributed by atoms with van der Waals surface area (Å²) in [6, 6.07) is 5.63. The molecule has 0 bridgehead atoms. The normalized spacial score (nSPS) is 21.7. The fraction of sp³-hybridized carbons (Fsp3) is 0.308. The van der Waals surface area contributed by atoms with Crippen LogP contribution in [0.15, 0.2) is 38.9 Å². The molecule has 0 saturated carbocycles. The van der Waals surface area contributed by atoms with Crippen molar-refractivity contribution in [2.75, 3.05) is 0 Å². The minimum atomic E-state index is -5.04. The molecule has 1 aliphatic rings. The van der Waals surface area contributed by atoms with Gasteiger partial charge in [0.2, 0.25) is 0 Å². The Morgan fingerprint density at radius 2 is 2.17 bits per heavy atom. The Hall–Kier alpha value is -1.94. The van der Waals surface area contributed by atoms with Crippen LogP contribution in [0.25, 0.3) is 0 Å².